The number of piperazine rings is 1. The van der Waals surface area contributed by atoms with E-state index < -0.39 is 0 Å². The summed E-state index contributed by atoms with van der Waals surface area (Å²) in [7, 11) is 0. The van der Waals surface area contributed by atoms with Crippen LogP contribution in [0.2, 0.25) is 0 Å². The van der Waals surface area contributed by atoms with E-state index >= 15 is 0 Å². The first-order chi connectivity index (χ1) is 12.2. The normalized spacial score (nSPS) is 13.6. The fourth-order valence-corrected chi connectivity index (χ4v) is 2.88. The van der Waals surface area contributed by atoms with Crippen LogP contribution in [-0.2, 0) is 4.79 Å². The van der Waals surface area contributed by atoms with Gasteiger partial charge in [-0.2, -0.15) is 0 Å². The number of rotatable bonds is 6. The zero-order valence-electron chi connectivity index (χ0n) is 15.0. The molecule has 0 spiro atoms. The highest BCUT2D eigenvalue weighted by Gasteiger charge is 2.14. The summed E-state index contributed by atoms with van der Waals surface area (Å²) in [6, 6.07) is 5.21. The first-order valence-corrected chi connectivity index (χ1v) is 8.67. The number of unbranched alkanes of at least 4 members (excludes halogenated alkanes) is 1. The Hall–Kier alpha value is -1.87. The molecule has 2 aromatic rings. The summed E-state index contributed by atoms with van der Waals surface area (Å²) < 4.78 is 0. The summed E-state index contributed by atoms with van der Waals surface area (Å²) >= 11 is 0. The van der Waals surface area contributed by atoms with Crippen LogP contribution in [0.4, 0.5) is 11.6 Å². The molecule has 10 heteroatoms. The molecule has 2 heterocycles. The Labute approximate surface area is 170 Å². The van der Waals surface area contributed by atoms with E-state index in [1.807, 2.05) is 0 Å². The van der Waals surface area contributed by atoms with Gasteiger partial charge in [-0.15, -0.1) is 24.8 Å². The highest BCUT2D eigenvalue weighted by molar-refractivity contribution is 5.93. The van der Waals surface area contributed by atoms with Gasteiger partial charge in [-0.25, -0.2) is 4.98 Å². The fourth-order valence-electron chi connectivity index (χ4n) is 2.88. The molecule has 0 bridgehead atoms. The van der Waals surface area contributed by atoms with E-state index in [-0.39, 0.29) is 36.3 Å². The quantitative estimate of drug-likeness (QED) is 0.526. The summed E-state index contributed by atoms with van der Waals surface area (Å²) in [5.74, 6) is 0.521. The van der Waals surface area contributed by atoms with Crippen LogP contribution in [0.5, 0.6) is 0 Å². The first-order valence-electron chi connectivity index (χ1n) is 8.67. The van der Waals surface area contributed by atoms with E-state index in [1.54, 1.807) is 18.2 Å². The molecule has 27 heavy (non-hydrogen) atoms. The van der Waals surface area contributed by atoms with E-state index in [1.165, 1.54) is 0 Å². The van der Waals surface area contributed by atoms with Gasteiger partial charge in [-0.1, -0.05) is 0 Å². The Balaban J connectivity index is 0.00000182. The van der Waals surface area contributed by atoms with Crippen molar-refractivity contribution in [1.29, 1.82) is 0 Å². The van der Waals surface area contributed by atoms with Crippen molar-refractivity contribution in [3.63, 3.8) is 0 Å². The van der Waals surface area contributed by atoms with Crippen molar-refractivity contribution in [2.45, 2.75) is 19.3 Å². The van der Waals surface area contributed by atoms with Crippen molar-refractivity contribution in [2.24, 2.45) is 5.73 Å². The number of aromatic amines is 1. The Morgan fingerprint density at radius 2 is 1.96 bits per heavy atom. The molecule has 0 aliphatic carbocycles. The van der Waals surface area contributed by atoms with E-state index in [2.05, 4.69) is 25.5 Å². The van der Waals surface area contributed by atoms with Gasteiger partial charge >= 0.3 is 0 Å². The lowest BCUT2D eigenvalue weighted by molar-refractivity contribution is -0.116. The van der Waals surface area contributed by atoms with Crippen LogP contribution in [0, 0.1) is 0 Å². The van der Waals surface area contributed by atoms with Gasteiger partial charge in [0.25, 0.3) is 5.56 Å². The van der Waals surface area contributed by atoms with Gasteiger partial charge in [0.15, 0.2) is 0 Å². The van der Waals surface area contributed by atoms with Gasteiger partial charge in [0.05, 0.1) is 10.9 Å². The zero-order chi connectivity index (χ0) is 17.6. The van der Waals surface area contributed by atoms with Crippen molar-refractivity contribution >= 4 is 53.3 Å². The number of aromatic nitrogens is 2. The molecule has 8 nitrogen and oxygen atoms in total. The largest absolute Gasteiger partial charge is 0.340 e. The average Bonchev–Trinajstić information content (AvgIpc) is 2.63. The predicted octanol–water partition coefficient (Wildman–Crippen LogP) is 1.24. The maximum absolute atomic E-state index is 12.4. The summed E-state index contributed by atoms with van der Waals surface area (Å²) in [4.78, 5) is 33.8. The maximum Gasteiger partial charge on any atom is 0.260 e. The monoisotopic (exact) mass is 416 g/mol. The van der Waals surface area contributed by atoms with Crippen LogP contribution >= 0.6 is 24.8 Å². The third-order valence-electron chi connectivity index (χ3n) is 4.25. The van der Waals surface area contributed by atoms with Gasteiger partial charge in [0, 0.05) is 38.3 Å². The van der Waals surface area contributed by atoms with Gasteiger partial charge in [-0.05, 0) is 37.6 Å². The standard InChI is InChI=1S/C17H24N6O2.2ClH/c18-6-2-1-3-15(24)20-12-4-5-14-13(11-12)16(25)22-17(21-14)23-9-7-19-8-10-23;;/h4-5,11,19H,1-3,6-10,18H2,(H,20,24)(H,21,22,25);2*1H. The number of carbonyl (C=O) groups is 1. The molecule has 1 aromatic heterocycles. The first kappa shape index (κ1) is 23.2. The minimum atomic E-state index is -0.197. The lowest BCUT2D eigenvalue weighted by Crippen LogP contribution is -2.44. The molecule has 0 radical (unpaired) electrons. The summed E-state index contributed by atoms with van der Waals surface area (Å²) in [6.45, 7) is 3.95. The van der Waals surface area contributed by atoms with E-state index in [9.17, 15) is 9.59 Å². The smallest absolute Gasteiger partial charge is 0.260 e. The van der Waals surface area contributed by atoms with Crippen LogP contribution in [0.3, 0.4) is 0 Å². The molecule has 0 saturated carbocycles. The minimum absolute atomic E-state index is 0. The van der Waals surface area contributed by atoms with Gasteiger partial charge < -0.3 is 21.3 Å². The van der Waals surface area contributed by atoms with Crippen molar-refractivity contribution in [3.05, 3.63) is 28.6 Å². The number of hydrogen-bond acceptors (Lipinski definition) is 6. The van der Waals surface area contributed by atoms with Gasteiger partial charge in [0.1, 0.15) is 0 Å². The van der Waals surface area contributed by atoms with E-state index in [0.29, 0.717) is 35.5 Å². The Kier molecular flexibility index (Phi) is 9.51. The topological polar surface area (TPSA) is 116 Å². The number of H-pyrrole nitrogens is 1. The van der Waals surface area contributed by atoms with Crippen LogP contribution in [0.1, 0.15) is 19.3 Å². The molecule has 3 rings (SSSR count). The number of carbonyl (C=O) groups excluding carboxylic acids is 1. The molecule has 1 aliphatic rings. The number of benzene rings is 1. The number of nitrogens with one attached hydrogen (secondary N) is 3. The van der Waals surface area contributed by atoms with Crippen LogP contribution in [-0.4, -0.2) is 48.6 Å². The lowest BCUT2D eigenvalue weighted by Gasteiger charge is -2.27. The predicted molar refractivity (Wildman–Crippen MR) is 113 cm³/mol. The highest BCUT2D eigenvalue weighted by Crippen LogP contribution is 2.17. The van der Waals surface area contributed by atoms with Crippen molar-refractivity contribution in [2.75, 3.05) is 42.9 Å². The van der Waals surface area contributed by atoms with Gasteiger partial charge in [0.2, 0.25) is 11.9 Å². The number of hydrogen-bond donors (Lipinski definition) is 4. The number of halogens is 2. The maximum atomic E-state index is 12.4. The number of nitrogens with zero attached hydrogens (tertiary/aromatic N) is 2. The minimum Gasteiger partial charge on any atom is -0.340 e. The lowest BCUT2D eigenvalue weighted by atomic mass is 10.2. The molecule has 0 unspecified atom stereocenters. The zero-order valence-corrected chi connectivity index (χ0v) is 16.6. The van der Waals surface area contributed by atoms with Gasteiger partial charge in [-0.3, -0.25) is 14.6 Å². The second-order valence-electron chi connectivity index (χ2n) is 6.15. The number of fused-ring (bicyclic) bond motifs is 1. The Morgan fingerprint density at radius 3 is 2.67 bits per heavy atom. The molecule has 150 valence electrons. The third kappa shape index (κ3) is 6.07. The summed E-state index contributed by atoms with van der Waals surface area (Å²) in [5, 5.41) is 6.56. The molecule has 1 amide bonds. The second kappa shape index (κ2) is 11.1. The summed E-state index contributed by atoms with van der Waals surface area (Å²) in [5.41, 5.74) is 6.46. The Bertz CT molecular complexity index is 808. The van der Waals surface area contributed by atoms with Crippen LogP contribution < -0.4 is 26.8 Å². The Morgan fingerprint density at radius 1 is 1.22 bits per heavy atom. The third-order valence-corrected chi connectivity index (χ3v) is 4.25. The van der Waals surface area contributed by atoms with Crippen LogP contribution in [0.25, 0.3) is 10.9 Å². The molecular weight excluding hydrogens is 391 g/mol. The molecular formula is C17H26Cl2N6O2. The van der Waals surface area contributed by atoms with Crippen molar-refractivity contribution in [3.8, 4) is 0 Å². The van der Waals surface area contributed by atoms with Crippen LogP contribution in [0.15, 0.2) is 23.0 Å². The second-order valence-corrected chi connectivity index (χ2v) is 6.15. The number of nitrogens with two attached hydrogens (primary N) is 1. The number of amides is 1. The molecule has 1 fully saturated rings. The summed E-state index contributed by atoms with van der Waals surface area (Å²) in [6.07, 6.45) is 2.00. The number of anilines is 2. The molecule has 1 aliphatic heterocycles. The molecule has 0 atom stereocenters. The van der Waals surface area contributed by atoms with Crippen molar-refractivity contribution < 1.29 is 4.79 Å². The molecule has 5 N–H and O–H groups in total. The van der Waals surface area contributed by atoms with E-state index in [0.717, 1.165) is 39.0 Å². The van der Waals surface area contributed by atoms with Crippen molar-refractivity contribution in [1.82, 2.24) is 15.3 Å². The highest BCUT2D eigenvalue weighted by atomic mass is 35.5. The SMILES string of the molecule is Cl.Cl.NCCCCC(=O)Nc1ccc2nc(N3CCNCC3)[nH]c(=O)c2c1. The average molecular weight is 417 g/mol. The molecule has 1 aromatic carbocycles. The fraction of sp³-hybridized carbons (Fsp3) is 0.471. The van der Waals surface area contributed by atoms with E-state index in [4.69, 9.17) is 5.73 Å². The molecule has 1 saturated heterocycles.